The second-order valence-corrected chi connectivity index (χ2v) is 7.66. The molecule has 162 valence electrons. The van der Waals surface area contributed by atoms with Crippen LogP contribution in [0.5, 0.6) is 5.75 Å². The molecule has 0 saturated carbocycles. The fourth-order valence-corrected chi connectivity index (χ4v) is 4.22. The minimum absolute atomic E-state index is 0.0140. The number of ketones is 1. The molecule has 33 heavy (non-hydrogen) atoms. The number of methoxy groups -OCH3 is 1. The molecule has 3 aromatic carbocycles. The van der Waals surface area contributed by atoms with Gasteiger partial charge in [0, 0.05) is 11.8 Å². The summed E-state index contributed by atoms with van der Waals surface area (Å²) in [4.78, 5) is 32.3. The second kappa shape index (κ2) is 8.24. The van der Waals surface area contributed by atoms with Gasteiger partial charge in [0.15, 0.2) is 0 Å². The Balaban J connectivity index is 1.74. The number of hydrogen-bond donors (Lipinski definition) is 1. The molecule has 0 aliphatic carbocycles. The number of aliphatic hydroxyl groups excluding tert-OH is 1. The van der Waals surface area contributed by atoms with Crippen LogP contribution in [0.2, 0.25) is 0 Å². The van der Waals surface area contributed by atoms with E-state index in [-0.39, 0.29) is 11.3 Å². The first-order valence-corrected chi connectivity index (χ1v) is 10.4. The Labute approximate surface area is 190 Å². The number of rotatable bonds is 4. The van der Waals surface area contributed by atoms with Crippen LogP contribution in [0.15, 0.2) is 96.7 Å². The summed E-state index contributed by atoms with van der Waals surface area (Å²) in [6.45, 7) is 0. The van der Waals surface area contributed by atoms with Gasteiger partial charge in [-0.05, 0) is 41.1 Å². The molecule has 0 radical (unpaired) electrons. The van der Waals surface area contributed by atoms with Crippen LogP contribution >= 0.6 is 0 Å². The molecule has 4 aromatic rings. The van der Waals surface area contributed by atoms with Gasteiger partial charge in [0.05, 0.1) is 24.1 Å². The van der Waals surface area contributed by atoms with Crippen LogP contribution in [0.3, 0.4) is 0 Å². The standard InChI is InChI=1S/C27H20N2O4/c1-33-22-12-5-4-11-21(22)29-24(20-10-6-7-15-28-20)23(26(31)27(29)32)25(30)19-14-13-17-8-2-3-9-18(17)16-19/h2-16,24,30H,1H3/b25-23-. The van der Waals surface area contributed by atoms with Crippen LogP contribution in [0.1, 0.15) is 17.3 Å². The van der Waals surface area contributed by atoms with Crippen molar-refractivity contribution in [1.29, 1.82) is 0 Å². The van der Waals surface area contributed by atoms with Crippen molar-refractivity contribution in [2.24, 2.45) is 0 Å². The highest BCUT2D eigenvalue weighted by Gasteiger charge is 2.48. The molecular weight excluding hydrogens is 416 g/mol. The number of benzene rings is 3. The fourth-order valence-electron chi connectivity index (χ4n) is 4.22. The molecule has 1 aliphatic heterocycles. The molecule has 1 aromatic heterocycles. The van der Waals surface area contributed by atoms with Crippen molar-refractivity contribution in [3.8, 4) is 5.75 Å². The van der Waals surface area contributed by atoms with E-state index in [1.54, 1.807) is 60.8 Å². The van der Waals surface area contributed by atoms with E-state index < -0.39 is 17.7 Å². The maximum absolute atomic E-state index is 13.3. The predicted octanol–water partition coefficient (Wildman–Crippen LogP) is 4.87. The fraction of sp³-hybridized carbons (Fsp3) is 0.0741. The number of anilines is 1. The molecular formula is C27H20N2O4. The molecule has 1 aliphatic rings. The molecule has 2 heterocycles. The van der Waals surface area contributed by atoms with Gasteiger partial charge in [-0.3, -0.25) is 19.5 Å². The average Bonchev–Trinajstić information content (AvgIpc) is 3.13. The smallest absolute Gasteiger partial charge is 0.300 e. The minimum Gasteiger partial charge on any atom is -0.507 e. The molecule has 0 bridgehead atoms. The van der Waals surface area contributed by atoms with Crippen LogP contribution in [-0.4, -0.2) is 28.9 Å². The molecule has 6 nitrogen and oxygen atoms in total. The quantitative estimate of drug-likeness (QED) is 0.281. The van der Waals surface area contributed by atoms with E-state index in [4.69, 9.17) is 4.74 Å². The lowest BCUT2D eigenvalue weighted by Gasteiger charge is -2.26. The second-order valence-electron chi connectivity index (χ2n) is 7.66. The maximum Gasteiger partial charge on any atom is 0.300 e. The zero-order valence-electron chi connectivity index (χ0n) is 17.8. The number of pyridine rings is 1. The summed E-state index contributed by atoms with van der Waals surface area (Å²) in [7, 11) is 1.50. The van der Waals surface area contributed by atoms with Gasteiger partial charge >= 0.3 is 0 Å². The van der Waals surface area contributed by atoms with Crippen molar-refractivity contribution in [3.63, 3.8) is 0 Å². The van der Waals surface area contributed by atoms with E-state index in [0.29, 0.717) is 22.7 Å². The highest BCUT2D eigenvalue weighted by atomic mass is 16.5. The van der Waals surface area contributed by atoms with E-state index in [9.17, 15) is 14.7 Å². The molecule has 6 heteroatoms. The van der Waals surface area contributed by atoms with Crippen LogP contribution in [0.4, 0.5) is 5.69 Å². The van der Waals surface area contributed by atoms with Gasteiger partial charge in [0.1, 0.15) is 17.6 Å². The Morgan fingerprint density at radius 1 is 0.909 bits per heavy atom. The lowest BCUT2D eigenvalue weighted by Crippen LogP contribution is -2.30. The lowest BCUT2D eigenvalue weighted by molar-refractivity contribution is -0.132. The highest BCUT2D eigenvalue weighted by molar-refractivity contribution is 6.51. The predicted molar refractivity (Wildman–Crippen MR) is 126 cm³/mol. The number of aliphatic hydroxyl groups is 1. The van der Waals surface area contributed by atoms with Crippen molar-refractivity contribution in [2.75, 3.05) is 12.0 Å². The van der Waals surface area contributed by atoms with Gasteiger partial charge in [0.2, 0.25) is 0 Å². The Kier molecular flexibility index (Phi) is 5.11. The van der Waals surface area contributed by atoms with Crippen LogP contribution in [-0.2, 0) is 9.59 Å². The number of carbonyl (C=O) groups excluding carboxylic acids is 2. The summed E-state index contributed by atoms with van der Waals surface area (Å²) in [5.74, 6) is -1.34. The number of nitrogens with zero attached hydrogens (tertiary/aromatic N) is 2. The van der Waals surface area contributed by atoms with Gasteiger partial charge in [-0.2, -0.15) is 0 Å². The van der Waals surface area contributed by atoms with Gasteiger partial charge < -0.3 is 9.84 Å². The van der Waals surface area contributed by atoms with Crippen molar-refractivity contribution in [1.82, 2.24) is 4.98 Å². The Morgan fingerprint density at radius 2 is 1.64 bits per heavy atom. The summed E-state index contributed by atoms with van der Waals surface area (Å²) in [5, 5.41) is 13.2. The zero-order valence-corrected chi connectivity index (χ0v) is 17.8. The van der Waals surface area contributed by atoms with E-state index in [1.807, 2.05) is 30.3 Å². The normalized spacial score (nSPS) is 17.5. The highest BCUT2D eigenvalue weighted by Crippen LogP contribution is 2.44. The molecule has 1 saturated heterocycles. The molecule has 1 amide bonds. The van der Waals surface area contributed by atoms with Crippen LogP contribution < -0.4 is 9.64 Å². The number of hydrogen-bond acceptors (Lipinski definition) is 5. The monoisotopic (exact) mass is 436 g/mol. The third-order valence-corrected chi connectivity index (χ3v) is 5.78. The lowest BCUT2D eigenvalue weighted by atomic mass is 9.97. The summed E-state index contributed by atoms with van der Waals surface area (Å²) in [5.41, 5.74) is 1.33. The molecule has 0 spiro atoms. The van der Waals surface area contributed by atoms with E-state index in [0.717, 1.165) is 10.8 Å². The van der Waals surface area contributed by atoms with E-state index in [2.05, 4.69) is 4.98 Å². The van der Waals surface area contributed by atoms with Crippen LogP contribution in [0, 0.1) is 0 Å². The number of fused-ring (bicyclic) bond motifs is 1. The van der Waals surface area contributed by atoms with Crippen molar-refractivity contribution in [3.05, 3.63) is 108 Å². The Hall–Kier alpha value is -4.45. The molecule has 1 fully saturated rings. The number of amides is 1. The van der Waals surface area contributed by atoms with E-state index >= 15 is 0 Å². The number of carbonyl (C=O) groups is 2. The number of Topliss-reactive ketones (excluding diaryl/α,β-unsaturated/α-hetero) is 1. The van der Waals surface area contributed by atoms with Crippen molar-refractivity contribution >= 4 is 33.9 Å². The van der Waals surface area contributed by atoms with Crippen molar-refractivity contribution in [2.45, 2.75) is 6.04 Å². The zero-order chi connectivity index (χ0) is 22.9. The molecule has 1 N–H and O–H groups in total. The van der Waals surface area contributed by atoms with Crippen LogP contribution in [0.25, 0.3) is 16.5 Å². The van der Waals surface area contributed by atoms with Gasteiger partial charge in [-0.15, -0.1) is 0 Å². The van der Waals surface area contributed by atoms with Gasteiger partial charge in [0.25, 0.3) is 11.7 Å². The Morgan fingerprint density at radius 3 is 2.39 bits per heavy atom. The minimum atomic E-state index is -0.908. The average molecular weight is 436 g/mol. The largest absolute Gasteiger partial charge is 0.507 e. The topological polar surface area (TPSA) is 79.7 Å². The summed E-state index contributed by atoms with van der Waals surface area (Å²) in [6.07, 6.45) is 1.59. The molecule has 1 atom stereocenters. The first-order valence-electron chi connectivity index (χ1n) is 10.4. The summed E-state index contributed by atoms with van der Waals surface area (Å²) < 4.78 is 5.45. The van der Waals surface area contributed by atoms with E-state index in [1.165, 1.54) is 12.0 Å². The SMILES string of the molecule is COc1ccccc1N1C(=O)C(=O)/C(=C(\O)c2ccc3ccccc3c2)C1c1ccccn1. The molecule has 1 unspecified atom stereocenters. The third-order valence-electron chi connectivity index (χ3n) is 5.78. The summed E-state index contributed by atoms with van der Waals surface area (Å²) in [6, 6.07) is 24.5. The van der Waals surface area contributed by atoms with Crippen molar-refractivity contribution < 1.29 is 19.4 Å². The van der Waals surface area contributed by atoms with Gasteiger partial charge in [-0.1, -0.05) is 54.6 Å². The third kappa shape index (κ3) is 3.42. The summed E-state index contributed by atoms with van der Waals surface area (Å²) >= 11 is 0. The maximum atomic E-state index is 13.3. The first kappa shape index (κ1) is 20.5. The molecule has 5 rings (SSSR count). The first-order chi connectivity index (χ1) is 16.1. The number of aromatic nitrogens is 1. The van der Waals surface area contributed by atoms with Gasteiger partial charge in [-0.25, -0.2) is 0 Å². The Bertz CT molecular complexity index is 1410. The number of para-hydroxylation sites is 2. The number of ether oxygens (including phenoxy) is 1.